The number of halogens is 1. The van der Waals surface area contributed by atoms with Gasteiger partial charge in [-0.05, 0) is 41.5 Å². The van der Waals surface area contributed by atoms with Crippen molar-refractivity contribution >= 4 is 34.0 Å². The Morgan fingerprint density at radius 2 is 1.74 bits per heavy atom. The fraction of sp³-hybridized carbons (Fsp3) is 0.0500. The minimum atomic E-state index is -0.549. The summed E-state index contributed by atoms with van der Waals surface area (Å²) in [5.74, 6) is 0.0291. The van der Waals surface area contributed by atoms with Crippen molar-refractivity contribution in [3.8, 4) is 0 Å². The zero-order valence-electron chi connectivity index (χ0n) is 13.9. The van der Waals surface area contributed by atoms with Crippen molar-refractivity contribution in [1.82, 2.24) is 15.0 Å². The quantitative estimate of drug-likeness (QED) is 0.417. The number of rotatable bonds is 1. The second kappa shape index (κ2) is 5.82. The highest BCUT2D eigenvalue weighted by atomic mass is 35.5. The predicted molar refractivity (Wildman–Crippen MR) is 105 cm³/mol. The second-order valence-electron chi connectivity index (χ2n) is 6.40. The van der Waals surface area contributed by atoms with Gasteiger partial charge in [-0.3, -0.25) is 19.7 Å². The number of aromatic amines is 2. The minimum Gasteiger partial charge on any atom is -0.341 e. The number of nitrogens with zero attached hydrogens (tertiary/aromatic N) is 1. The molecule has 4 aromatic rings. The number of aromatic nitrogens is 3. The first kappa shape index (κ1) is 15.8. The van der Waals surface area contributed by atoms with Crippen molar-refractivity contribution in [2.75, 3.05) is 5.32 Å². The van der Waals surface area contributed by atoms with Crippen molar-refractivity contribution in [1.29, 1.82) is 0 Å². The maximum Gasteiger partial charge on any atom is 0.327 e. The van der Waals surface area contributed by atoms with Crippen LogP contribution in [0.5, 0.6) is 0 Å². The van der Waals surface area contributed by atoms with Crippen LogP contribution in [0.25, 0.3) is 10.9 Å². The fourth-order valence-electron chi connectivity index (χ4n) is 3.73. The van der Waals surface area contributed by atoms with Crippen LogP contribution in [0.2, 0.25) is 5.02 Å². The monoisotopic (exact) mass is 376 g/mol. The van der Waals surface area contributed by atoms with Crippen LogP contribution in [0, 0.1) is 0 Å². The van der Waals surface area contributed by atoms with Gasteiger partial charge in [0.1, 0.15) is 5.82 Å². The molecule has 0 bridgehead atoms. The highest BCUT2D eigenvalue weighted by molar-refractivity contribution is 6.30. The van der Waals surface area contributed by atoms with E-state index in [1.807, 2.05) is 36.4 Å². The topological polar surface area (TPSA) is 90.6 Å². The molecule has 3 heterocycles. The third kappa shape index (κ3) is 2.45. The van der Waals surface area contributed by atoms with Gasteiger partial charge < -0.3 is 5.32 Å². The van der Waals surface area contributed by atoms with Gasteiger partial charge in [0.2, 0.25) is 0 Å². The van der Waals surface area contributed by atoms with Crippen molar-refractivity contribution < 1.29 is 0 Å². The van der Waals surface area contributed by atoms with Gasteiger partial charge in [0.05, 0.1) is 11.1 Å². The Kier molecular flexibility index (Phi) is 3.42. The number of fused-ring (bicyclic) bond motifs is 4. The van der Waals surface area contributed by atoms with Crippen molar-refractivity contribution in [2.45, 2.75) is 5.92 Å². The summed E-state index contributed by atoms with van der Waals surface area (Å²) in [5.41, 5.74) is 2.98. The Labute approximate surface area is 157 Å². The molecule has 0 amide bonds. The lowest BCUT2D eigenvalue weighted by Crippen LogP contribution is -2.31. The molecule has 0 saturated carbocycles. The molecular formula is C20H13ClN4O2. The molecule has 0 fully saturated rings. The standard InChI is InChI=1S/C20H13ClN4O2/c21-11-5-3-10(4-6-11)15-16-12-2-1-9-22-13(12)7-8-14(16)23-18-17(15)19(26)25-20(27)24-18/h1-9,15H,(H3,23,24,25,26,27). The molecule has 5 rings (SSSR count). The van der Waals surface area contributed by atoms with E-state index in [2.05, 4.69) is 20.3 Å². The number of H-pyrrole nitrogens is 2. The van der Waals surface area contributed by atoms with Gasteiger partial charge in [0.15, 0.2) is 0 Å². The number of benzene rings is 2. The average molecular weight is 377 g/mol. The van der Waals surface area contributed by atoms with Crippen LogP contribution >= 0.6 is 11.6 Å². The lowest BCUT2D eigenvalue weighted by atomic mass is 9.81. The first-order chi connectivity index (χ1) is 13.1. The number of hydrogen-bond acceptors (Lipinski definition) is 4. The molecule has 0 aliphatic carbocycles. The summed E-state index contributed by atoms with van der Waals surface area (Å²) in [6, 6.07) is 15.1. The summed E-state index contributed by atoms with van der Waals surface area (Å²) in [6.45, 7) is 0. The van der Waals surface area contributed by atoms with Crippen LogP contribution in [-0.2, 0) is 0 Å². The zero-order valence-corrected chi connectivity index (χ0v) is 14.7. The van der Waals surface area contributed by atoms with E-state index in [1.54, 1.807) is 18.3 Å². The van der Waals surface area contributed by atoms with E-state index in [0.29, 0.717) is 16.4 Å². The Bertz CT molecular complexity index is 1310. The lowest BCUT2D eigenvalue weighted by molar-refractivity contribution is 0.893. The first-order valence-electron chi connectivity index (χ1n) is 8.38. The molecule has 1 unspecified atom stereocenters. The molecule has 1 aliphatic rings. The molecule has 0 radical (unpaired) electrons. The molecule has 2 aromatic heterocycles. The van der Waals surface area contributed by atoms with E-state index >= 15 is 0 Å². The number of hydrogen-bond donors (Lipinski definition) is 3. The van der Waals surface area contributed by atoms with Crippen LogP contribution in [0.15, 0.2) is 64.3 Å². The van der Waals surface area contributed by atoms with Crippen molar-refractivity contribution in [3.63, 3.8) is 0 Å². The molecule has 2 aromatic carbocycles. The van der Waals surface area contributed by atoms with Gasteiger partial charge >= 0.3 is 5.69 Å². The lowest BCUT2D eigenvalue weighted by Gasteiger charge is -2.29. The first-order valence-corrected chi connectivity index (χ1v) is 8.76. The third-order valence-corrected chi connectivity index (χ3v) is 5.10. The molecular weight excluding hydrogens is 364 g/mol. The molecule has 3 N–H and O–H groups in total. The molecule has 0 saturated heterocycles. The maximum atomic E-state index is 12.7. The van der Waals surface area contributed by atoms with Crippen LogP contribution in [0.1, 0.15) is 22.6 Å². The second-order valence-corrected chi connectivity index (χ2v) is 6.84. The average Bonchev–Trinajstić information content (AvgIpc) is 2.66. The SMILES string of the molecule is O=c1[nH]c2c(c(=O)[nH]1)C(c1ccc(Cl)cc1)c1c(ccc3ncccc13)N2. The molecule has 1 atom stereocenters. The van der Waals surface area contributed by atoms with E-state index in [-0.39, 0.29) is 5.92 Å². The number of nitrogens with one attached hydrogen (secondary N) is 3. The smallest absolute Gasteiger partial charge is 0.327 e. The molecule has 1 aliphatic heterocycles. The summed E-state index contributed by atoms with van der Waals surface area (Å²) in [6.07, 6.45) is 1.74. The normalized spacial score (nSPS) is 15.1. The molecule has 7 heteroatoms. The van der Waals surface area contributed by atoms with E-state index < -0.39 is 11.2 Å². The number of anilines is 2. The van der Waals surface area contributed by atoms with Gasteiger partial charge in [0.25, 0.3) is 5.56 Å². The highest BCUT2D eigenvalue weighted by Gasteiger charge is 2.32. The van der Waals surface area contributed by atoms with E-state index in [4.69, 9.17) is 11.6 Å². The zero-order chi connectivity index (χ0) is 18.5. The Morgan fingerprint density at radius 3 is 2.56 bits per heavy atom. The van der Waals surface area contributed by atoms with E-state index in [0.717, 1.165) is 27.7 Å². The molecule has 6 nitrogen and oxygen atoms in total. The summed E-state index contributed by atoms with van der Waals surface area (Å²) in [7, 11) is 0. The van der Waals surface area contributed by atoms with Gasteiger partial charge in [0, 0.05) is 28.2 Å². The highest BCUT2D eigenvalue weighted by Crippen LogP contribution is 2.45. The summed E-state index contributed by atoms with van der Waals surface area (Å²) in [4.78, 5) is 34.0. The Hall–Kier alpha value is -3.38. The van der Waals surface area contributed by atoms with E-state index in [9.17, 15) is 9.59 Å². The van der Waals surface area contributed by atoms with Gasteiger partial charge in [-0.1, -0.05) is 29.8 Å². The third-order valence-electron chi connectivity index (χ3n) is 4.85. The van der Waals surface area contributed by atoms with Crippen molar-refractivity contribution in [2.24, 2.45) is 0 Å². The van der Waals surface area contributed by atoms with E-state index in [1.165, 1.54) is 0 Å². The molecule has 132 valence electrons. The van der Waals surface area contributed by atoms with Crippen LogP contribution in [0.4, 0.5) is 11.5 Å². The largest absolute Gasteiger partial charge is 0.341 e. The molecule has 0 spiro atoms. The Balaban J connectivity index is 1.90. The summed E-state index contributed by atoms with van der Waals surface area (Å²) in [5, 5.41) is 4.75. The minimum absolute atomic E-state index is 0.373. The fourth-order valence-corrected chi connectivity index (χ4v) is 3.86. The van der Waals surface area contributed by atoms with Gasteiger partial charge in [-0.25, -0.2) is 4.79 Å². The van der Waals surface area contributed by atoms with Crippen LogP contribution in [0.3, 0.4) is 0 Å². The van der Waals surface area contributed by atoms with Crippen LogP contribution in [-0.4, -0.2) is 15.0 Å². The van der Waals surface area contributed by atoms with Crippen molar-refractivity contribution in [3.05, 3.63) is 97.3 Å². The molecule has 27 heavy (non-hydrogen) atoms. The Morgan fingerprint density at radius 1 is 0.926 bits per heavy atom. The predicted octanol–water partition coefficient (Wildman–Crippen LogP) is 3.50. The summed E-state index contributed by atoms with van der Waals surface area (Å²) >= 11 is 6.06. The maximum absolute atomic E-state index is 12.7. The van der Waals surface area contributed by atoms with Gasteiger partial charge in [-0.15, -0.1) is 0 Å². The summed E-state index contributed by atoms with van der Waals surface area (Å²) < 4.78 is 0. The number of pyridine rings is 1. The van der Waals surface area contributed by atoms with Gasteiger partial charge in [-0.2, -0.15) is 0 Å². The van der Waals surface area contributed by atoms with Crippen LogP contribution < -0.4 is 16.6 Å².